The first kappa shape index (κ1) is 31.6. The van der Waals surface area contributed by atoms with E-state index in [1.54, 1.807) is 12.4 Å². The molecule has 10 heteroatoms. The Morgan fingerprint density at radius 2 is 1.59 bits per heavy atom. The summed E-state index contributed by atoms with van der Waals surface area (Å²) in [5.74, 6) is 0.778. The molecular weight excluding hydrogens is 580 g/mol. The minimum absolute atomic E-state index is 0.0115. The highest BCUT2D eigenvalue weighted by atomic mass is 16.7. The van der Waals surface area contributed by atoms with Crippen molar-refractivity contribution < 1.29 is 19.4 Å². The van der Waals surface area contributed by atoms with Crippen molar-refractivity contribution in [1.82, 2.24) is 25.5 Å². The van der Waals surface area contributed by atoms with E-state index in [0.29, 0.717) is 13.1 Å². The molecule has 0 radical (unpaired) electrons. The molecule has 240 valence electrons. The Morgan fingerprint density at radius 3 is 2.30 bits per heavy atom. The summed E-state index contributed by atoms with van der Waals surface area (Å²) in [6.07, 6.45) is 3.62. The van der Waals surface area contributed by atoms with Gasteiger partial charge in [-0.25, -0.2) is 14.8 Å². The Morgan fingerprint density at radius 1 is 0.870 bits per heavy atom. The smallest absolute Gasteiger partial charge is 0.315 e. The van der Waals surface area contributed by atoms with Gasteiger partial charge in [-0.05, 0) is 40.8 Å². The third kappa shape index (κ3) is 7.89. The molecule has 3 N–H and O–H groups in total. The number of anilines is 1. The van der Waals surface area contributed by atoms with Gasteiger partial charge in [0.1, 0.15) is 0 Å². The molecule has 4 aromatic rings. The second-order valence-electron chi connectivity index (χ2n) is 11.7. The van der Waals surface area contributed by atoms with Gasteiger partial charge in [0.05, 0.1) is 18.8 Å². The van der Waals surface area contributed by atoms with Crippen molar-refractivity contribution in [2.45, 2.75) is 45.0 Å². The minimum Gasteiger partial charge on any atom is -0.392 e. The molecule has 10 nitrogen and oxygen atoms in total. The number of rotatable bonds is 10. The highest BCUT2D eigenvalue weighted by molar-refractivity contribution is 5.74. The predicted molar refractivity (Wildman–Crippen MR) is 177 cm³/mol. The zero-order valence-corrected chi connectivity index (χ0v) is 26.2. The number of aliphatic hydroxyl groups excluding tert-OH is 1. The molecule has 2 aliphatic heterocycles. The summed E-state index contributed by atoms with van der Waals surface area (Å²) in [5, 5.41) is 15.3. The molecule has 2 fully saturated rings. The Hall–Kier alpha value is -4.35. The van der Waals surface area contributed by atoms with E-state index in [1.165, 1.54) is 0 Å². The first-order valence-electron chi connectivity index (χ1n) is 16.0. The summed E-state index contributed by atoms with van der Waals surface area (Å²) < 4.78 is 13.2. The van der Waals surface area contributed by atoms with Crippen LogP contribution in [0.3, 0.4) is 0 Å². The molecule has 1 aromatic heterocycles. The van der Waals surface area contributed by atoms with Crippen LogP contribution in [0.1, 0.15) is 48.0 Å². The van der Waals surface area contributed by atoms with Crippen LogP contribution < -0.4 is 15.5 Å². The summed E-state index contributed by atoms with van der Waals surface area (Å²) >= 11 is 0. The Bertz CT molecular complexity index is 1550. The Labute approximate surface area is 270 Å². The molecule has 3 atom stereocenters. The van der Waals surface area contributed by atoms with Gasteiger partial charge in [0.2, 0.25) is 5.95 Å². The van der Waals surface area contributed by atoms with Gasteiger partial charge in [-0.1, -0.05) is 72.8 Å². The molecule has 0 bridgehead atoms. The summed E-state index contributed by atoms with van der Waals surface area (Å²) in [5.41, 5.74) is 6.07. The number of ether oxygens (including phenoxy) is 2. The maximum absolute atomic E-state index is 12.0. The van der Waals surface area contributed by atoms with E-state index in [4.69, 9.17) is 9.47 Å². The summed E-state index contributed by atoms with van der Waals surface area (Å²) in [4.78, 5) is 25.5. The van der Waals surface area contributed by atoms with Crippen LogP contribution in [0.4, 0.5) is 10.7 Å². The molecule has 2 amide bonds. The molecule has 0 unspecified atom stereocenters. The molecule has 3 aromatic carbocycles. The highest BCUT2D eigenvalue weighted by Gasteiger charge is 2.34. The number of urea groups is 1. The minimum atomic E-state index is -0.524. The van der Waals surface area contributed by atoms with E-state index >= 15 is 0 Å². The van der Waals surface area contributed by atoms with Gasteiger partial charge >= 0.3 is 6.03 Å². The Balaban J connectivity index is 1.16. The number of carbonyl (C=O) groups is 1. The average Bonchev–Trinajstić information content (AvgIpc) is 3.12. The van der Waals surface area contributed by atoms with Gasteiger partial charge in [0.15, 0.2) is 6.29 Å². The number of nitrogens with zero attached hydrogens (tertiary/aromatic N) is 4. The fraction of sp³-hybridized carbons (Fsp3) is 0.361. The van der Waals surface area contributed by atoms with Crippen LogP contribution in [0.2, 0.25) is 0 Å². The van der Waals surface area contributed by atoms with E-state index in [2.05, 4.69) is 60.7 Å². The second-order valence-corrected chi connectivity index (χ2v) is 11.7. The van der Waals surface area contributed by atoms with Gasteiger partial charge in [0.25, 0.3) is 0 Å². The molecule has 46 heavy (non-hydrogen) atoms. The summed E-state index contributed by atoms with van der Waals surface area (Å²) in [7, 11) is 0. The average molecular weight is 623 g/mol. The molecule has 0 spiro atoms. The highest BCUT2D eigenvalue weighted by Crippen LogP contribution is 2.39. The van der Waals surface area contributed by atoms with Crippen molar-refractivity contribution >= 4 is 12.0 Å². The first-order chi connectivity index (χ1) is 22.6. The maximum atomic E-state index is 12.0. The van der Waals surface area contributed by atoms with Gasteiger partial charge < -0.3 is 30.1 Å². The van der Waals surface area contributed by atoms with Crippen molar-refractivity contribution in [3.05, 3.63) is 114 Å². The lowest BCUT2D eigenvalue weighted by Gasteiger charge is -2.40. The van der Waals surface area contributed by atoms with Gasteiger partial charge in [-0.15, -0.1) is 0 Å². The number of hydrogen-bond acceptors (Lipinski definition) is 8. The van der Waals surface area contributed by atoms with Crippen molar-refractivity contribution in [1.29, 1.82) is 0 Å². The number of carbonyl (C=O) groups excluding carboxylic acids is 1. The lowest BCUT2D eigenvalue weighted by molar-refractivity contribution is -0.253. The normalized spacial score (nSPS) is 20.3. The van der Waals surface area contributed by atoms with Crippen LogP contribution >= 0.6 is 0 Å². The fourth-order valence-electron chi connectivity index (χ4n) is 6.08. The monoisotopic (exact) mass is 622 g/mol. The lowest BCUT2D eigenvalue weighted by Crippen LogP contribution is -2.50. The molecule has 3 heterocycles. The van der Waals surface area contributed by atoms with E-state index < -0.39 is 6.29 Å². The standard InChI is InChI=1S/C36H42N6O4/c1-2-37-36(44)40-23-30-6-3-4-7-32(30)27-12-14-29(15-13-27)34-45-31(22-33(46-34)28-10-8-26(25-43)9-11-28)24-41-18-20-42(21-19-41)35-38-16-5-17-39-35/h3-17,31,33-34,43H,2,18-25H2,1H3,(H2,37,40,44)/t31-,33+,34+/m1/s1. The number of amides is 2. The third-order valence-electron chi connectivity index (χ3n) is 8.57. The number of nitrogens with one attached hydrogen (secondary N) is 2. The first-order valence-corrected chi connectivity index (χ1v) is 16.0. The topological polar surface area (TPSA) is 112 Å². The number of benzene rings is 3. The van der Waals surface area contributed by atoms with E-state index in [0.717, 1.165) is 78.5 Å². The Kier molecular flexibility index (Phi) is 10.5. The van der Waals surface area contributed by atoms with Crippen molar-refractivity contribution in [3.8, 4) is 11.1 Å². The number of piperazine rings is 1. The van der Waals surface area contributed by atoms with Crippen LogP contribution in [0.5, 0.6) is 0 Å². The summed E-state index contributed by atoms with van der Waals surface area (Å²) in [6.45, 7) is 7.27. The lowest BCUT2D eigenvalue weighted by atomic mass is 9.97. The number of aromatic nitrogens is 2. The summed E-state index contributed by atoms with van der Waals surface area (Å²) in [6, 6.07) is 26.1. The quantitative estimate of drug-likeness (QED) is 0.231. The van der Waals surface area contributed by atoms with Gasteiger partial charge in [-0.2, -0.15) is 0 Å². The van der Waals surface area contributed by atoms with Crippen LogP contribution in [0, 0.1) is 0 Å². The van der Waals surface area contributed by atoms with Crippen molar-refractivity contribution in [2.75, 3.05) is 44.2 Å². The second kappa shape index (κ2) is 15.3. The van der Waals surface area contributed by atoms with E-state index in [-0.39, 0.29) is 24.8 Å². The fourth-order valence-corrected chi connectivity index (χ4v) is 6.08. The van der Waals surface area contributed by atoms with E-state index in [1.807, 2.05) is 55.5 Å². The maximum Gasteiger partial charge on any atom is 0.315 e. The van der Waals surface area contributed by atoms with E-state index in [9.17, 15) is 9.90 Å². The zero-order valence-electron chi connectivity index (χ0n) is 26.2. The number of aliphatic hydroxyl groups is 1. The molecule has 2 saturated heterocycles. The molecule has 6 rings (SSSR count). The van der Waals surface area contributed by atoms with Crippen LogP contribution in [0.25, 0.3) is 11.1 Å². The SMILES string of the molecule is CCNC(=O)NCc1ccccc1-c1ccc([C@H]2O[C@@H](CN3CCN(c4ncccn4)CC3)C[C@@H](c3ccc(CO)cc3)O2)cc1. The third-order valence-corrected chi connectivity index (χ3v) is 8.57. The van der Waals surface area contributed by atoms with Crippen LogP contribution in [0.15, 0.2) is 91.3 Å². The van der Waals surface area contributed by atoms with Crippen LogP contribution in [-0.4, -0.2) is 71.4 Å². The molecule has 0 aliphatic carbocycles. The predicted octanol–water partition coefficient (Wildman–Crippen LogP) is 4.82. The van der Waals surface area contributed by atoms with Gasteiger partial charge in [-0.3, -0.25) is 4.90 Å². The van der Waals surface area contributed by atoms with Crippen molar-refractivity contribution in [2.24, 2.45) is 0 Å². The molecular formula is C36H42N6O4. The van der Waals surface area contributed by atoms with Crippen molar-refractivity contribution in [3.63, 3.8) is 0 Å². The molecule has 0 saturated carbocycles. The van der Waals surface area contributed by atoms with Crippen LogP contribution in [-0.2, 0) is 22.6 Å². The van der Waals surface area contributed by atoms with Gasteiger partial charge in [0, 0.05) is 70.2 Å². The molecule has 2 aliphatic rings. The largest absolute Gasteiger partial charge is 0.392 e. The zero-order chi connectivity index (χ0) is 31.7. The number of hydrogen-bond donors (Lipinski definition) is 3.